The van der Waals surface area contributed by atoms with Crippen molar-refractivity contribution in [2.24, 2.45) is 0 Å². The van der Waals surface area contributed by atoms with E-state index in [2.05, 4.69) is 59.2 Å². The van der Waals surface area contributed by atoms with E-state index >= 15 is 0 Å². The lowest BCUT2D eigenvalue weighted by atomic mass is 10.0. The molecule has 5 aromatic carbocycles. The monoisotopic (exact) mass is 462 g/mol. The molecule has 0 unspecified atom stereocenters. The Balaban J connectivity index is 1.61. The smallest absolute Gasteiger partial charge is 0.101 e. The Morgan fingerprint density at radius 2 is 0.778 bits per heavy atom. The van der Waals surface area contributed by atoms with Gasteiger partial charge in [0.1, 0.15) is 12.1 Å². The number of anilines is 4. The van der Waals surface area contributed by atoms with Gasteiger partial charge in [-0.3, -0.25) is 0 Å². The fraction of sp³-hybridized carbons (Fsp3) is 0. The molecule has 0 aliphatic rings. The molecule has 0 saturated carbocycles. The van der Waals surface area contributed by atoms with E-state index in [9.17, 15) is 10.5 Å². The van der Waals surface area contributed by atoms with Gasteiger partial charge in [0.25, 0.3) is 0 Å². The van der Waals surface area contributed by atoms with Gasteiger partial charge < -0.3 is 10.6 Å². The van der Waals surface area contributed by atoms with Crippen LogP contribution in [0.2, 0.25) is 0 Å². The largest absolute Gasteiger partial charge is 0.353 e. The van der Waals surface area contributed by atoms with Gasteiger partial charge in [0, 0.05) is 22.5 Å². The maximum atomic E-state index is 9.70. The summed E-state index contributed by atoms with van der Waals surface area (Å²) in [5, 5.41) is 26.4. The third-order valence-corrected chi connectivity index (χ3v) is 5.96. The van der Waals surface area contributed by atoms with Gasteiger partial charge in [-0.15, -0.1) is 0 Å². The summed E-state index contributed by atoms with van der Waals surface area (Å²) in [5.74, 6) is 0. The average Bonchev–Trinajstić information content (AvgIpc) is 2.95. The molecule has 4 heteroatoms. The topological polar surface area (TPSA) is 71.6 Å². The van der Waals surface area contributed by atoms with Crippen LogP contribution in [0.5, 0.6) is 0 Å². The molecular formula is C32H22N4. The highest BCUT2D eigenvalue weighted by Crippen LogP contribution is 2.37. The molecule has 5 rings (SSSR count). The molecule has 0 atom stereocenters. The van der Waals surface area contributed by atoms with E-state index in [-0.39, 0.29) is 0 Å². The molecule has 0 aliphatic carbocycles. The lowest BCUT2D eigenvalue weighted by Gasteiger charge is -2.19. The van der Waals surface area contributed by atoms with Gasteiger partial charge in [0.05, 0.1) is 22.5 Å². The highest BCUT2D eigenvalue weighted by atomic mass is 15.0. The van der Waals surface area contributed by atoms with Crippen molar-refractivity contribution in [2.75, 3.05) is 10.6 Å². The standard InChI is InChI=1S/C32H22N4/c33-21-25-19-31(35-29-17-9-7-15-27(29)23-11-3-1-4-12-23)32(20-26(25)22-34)36-30-18-10-8-16-28(30)24-13-5-2-6-14-24/h1-20,35-36H. The van der Waals surface area contributed by atoms with Crippen LogP contribution in [-0.4, -0.2) is 0 Å². The fourth-order valence-electron chi connectivity index (χ4n) is 4.20. The summed E-state index contributed by atoms with van der Waals surface area (Å²) in [6.45, 7) is 0. The SMILES string of the molecule is N#Cc1cc(Nc2ccccc2-c2ccccc2)c(Nc2ccccc2-c2ccccc2)cc1C#N. The fourth-order valence-corrected chi connectivity index (χ4v) is 4.20. The number of hydrogen-bond acceptors (Lipinski definition) is 4. The average molecular weight is 463 g/mol. The van der Waals surface area contributed by atoms with Crippen LogP contribution in [0.4, 0.5) is 22.7 Å². The summed E-state index contributed by atoms with van der Waals surface area (Å²) >= 11 is 0. The van der Waals surface area contributed by atoms with Crippen LogP contribution >= 0.6 is 0 Å². The molecule has 170 valence electrons. The van der Waals surface area contributed by atoms with E-state index < -0.39 is 0 Å². The quantitative estimate of drug-likeness (QED) is 0.266. The van der Waals surface area contributed by atoms with Crippen molar-refractivity contribution >= 4 is 22.7 Å². The first-order valence-electron chi connectivity index (χ1n) is 11.6. The Kier molecular flexibility index (Phi) is 6.43. The van der Waals surface area contributed by atoms with E-state index in [1.54, 1.807) is 12.1 Å². The molecule has 0 radical (unpaired) electrons. The van der Waals surface area contributed by atoms with Crippen molar-refractivity contribution < 1.29 is 0 Å². The highest BCUT2D eigenvalue weighted by molar-refractivity contribution is 5.89. The molecule has 0 bridgehead atoms. The van der Waals surface area contributed by atoms with E-state index in [0.717, 1.165) is 33.6 Å². The number of benzene rings is 5. The second kappa shape index (κ2) is 10.3. The van der Waals surface area contributed by atoms with E-state index in [1.807, 2.05) is 72.8 Å². The van der Waals surface area contributed by atoms with E-state index in [4.69, 9.17) is 0 Å². The molecule has 0 aliphatic heterocycles. The molecule has 0 saturated heterocycles. The van der Waals surface area contributed by atoms with Gasteiger partial charge in [-0.25, -0.2) is 0 Å². The molecule has 0 heterocycles. The summed E-state index contributed by atoms with van der Waals surface area (Å²) < 4.78 is 0. The maximum Gasteiger partial charge on any atom is 0.101 e. The zero-order valence-corrected chi connectivity index (χ0v) is 19.4. The van der Waals surface area contributed by atoms with Crippen LogP contribution in [0, 0.1) is 22.7 Å². The van der Waals surface area contributed by atoms with Crippen LogP contribution in [0.15, 0.2) is 121 Å². The van der Waals surface area contributed by atoms with Gasteiger partial charge in [-0.05, 0) is 35.4 Å². The number of nitriles is 2. The van der Waals surface area contributed by atoms with Crippen molar-refractivity contribution in [3.05, 3.63) is 132 Å². The zero-order chi connectivity index (χ0) is 24.7. The number of para-hydroxylation sites is 2. The van der Waals surface area contributed by atoms with E-state index in [1.165, 1.54) is 0 Å². The number of rotatable bonds is 6. The van der Waals surface area contributed by atoms with E-state index in [0.29, 0.717) is 22.5 Å². The highest BCUT2D eigenvalue weighted by Gasteiger charge is 2.14. The summed E-state index contributed by atoms with van der Waals surface area (Å²) in [6, 6.07) is 44.1. The van der Waals surface area contributed by atoms with Crippen molar-refractivity contribution in [1.29, 1.82) is 10.5 Å². The minimum atomic E-state index is 0.319. The predicted octanol–water partition coefficient (Wildman–Crippen LogP) is 8.25. The Labute approximate surface area is 210 Å². The number of nitrogens with zero attached hydrogens (tertiary/aromatic N) is 2. The summed E-state index contributed by atoms with van der Waals surface area (Å²) in [7, 11) is 0. The molecular weight excluding hydrogens is 440 g/mol. The van der Waals surface area contributed by atoms with Crippen molar-refractivity contribution in [3.63, 3.8) is 0 Å². The van der Waals surface area contributed by atoms with Crippen LogP contribution in [0.25, 0.3) is 22.3 Å². The van der Waals surface area contributed by atoms with Crippen molar-refractivity contribution in [2.45, 2.75) is 0 Å². The second-order valence-corrected chi connectivity index (χ2v) is 8.24. The second-order valence-electron chi connectivity index (χ2n) is 8.24. The molecule has 36 heavy (non-hydrogen) atoms. The first-order valence-corrected chi connectivity index (χ1v) is 11.6. The molecule has 0 amide bonds. The normalized spacial score (nSPS) is 10.2. The Bertz CT molecular complexity index is 1470. The number of nitrogens with one attached hydrogen (secondary N) is 2. The minimum Gasteiger partial charge on any atom is -0.353 e. The maximum absolute atomic E-state index is 9.70. The van der Waals surface area contributed by atoms with Crippen molar-refractivity contribution in [3.8, 4) is 34.4 Å². The van der Waals surface area contributed by atoms with Crippen LogP contribution < -0.4 is 10.6 Å². The lowest BCUT2D eigenvalue weighted by molar-refractivity contribution is 1.41. The number of hydrogen-bond donors (Lipinski definition) is 2. The van der Waals surface area contributed by atoms with Crippen LogP contribution in [0.1, 0.15) is 11.1 Å². The third-order valence-electron chi connectivity index (χ3n) is 5.96. The van der Waals surface area contributed by atoms with Gasteiger partial charge in [0.15, 0.2) is 0 Å². The molecule has 2 N–H and O–H groups in total. The molecule has 0 fully saturated rings. The summed E-state index contributed by atoms with van der Waals surface area (Å²) in [5.41, 5.74) is 8.09. The molecule has 0 aromatic heterocycles. The minimum absolute atomic E-state index is 0.319. The van der Waals surface area contributed by atoms with Gasteiger partial charge in [-0.2, -0.15) is 10.5 Å². The first kappa shape index (κ1) is 22.5. The molecule has 5 aromatic rings. The lowest BCUT2D eigenvalue weighted by Crippen LogP contribution is -2.02. The first-order chi connectivity index (χ1) is 17.8. The Hall–Kier alpha value is -5.32. The van der Waals surface area contributed by atoms with Crippen LogP contribution in [-0.2, 0) is 0 Å². The Morgan fingerprint density at radius 1 is 0.417 bits per heavy atom. The van der Waals surface area contributed by atoms with Gasteiger partial charge >= 0.3 is 0 Å². The summed E-state index contributed by atoms with van der Waals surface area (Å²) in [6.07, 6.45) is 0. The van der Waals surface area contributed by atoms with Gasteiger partial charge in [0.2, 0.25) is 0 Å². The Morgan fingerprint density at radius 3 is 1.17 bits per heavy atom. The molecule has 0 spiro atoms. The van der Waals surface area contributed by atoms with Crippen LogP contribution in [0.3, 0.4) is 0 Å². The predicted molar refractivity (Wildman–Crippen MR) is 146 cm³/mol. The molecule has 4 nitrogen and oxygen atoms in total. The van der Waals surface area contributed by atoms with Gasteiger partial charge in [-0.1, -0.05) is 97.1 Å². The van der Waals surface area contributed by atoms with Crippen molar-refractivity contribution in [1.82, 2.24) is 0 Å². The third kappa shape index (κ3) is 4.66. The zero-order valence-electron chi connectivity index (χ0n) is 19.4. The summed E-state index contributed by atoms with van der Waals surface area (Å²) in [4.78, 5) is 0.